The van der Waals surface area contributed by atoms with Gasteiger partial charge in [0.15, 0.2) is 10.3 Å². The first kappa shape index (κ1) is 22.8. The Morgan fingerprint density at radius 1 is 0.500 bits per heavy atom. The normalized spacial score (nSPS) is 11.2. The minimum atomic E-state index is 0.855. The second-order valence-electron chi connectivity index (χ2n) is 7.90. The molecular weight excluding hydrogens is 408 g/mol. The van der Waals surface area contributed by atoms with Crippen LogP contribution in [0.3, 0.4) is 0 Å². The second-order valence-corrected chi connectivity index (χ2v) is 9.79. The molecule has 0 fully saturated rings. The maximum Gasteiger partial charge on any atom is 0.188 e. The van der Waals surface area contributed by atoms with Crippen LogP contribution < -0.4 is 0 Å². The summed E-state index contributed by atoms with van der Waals surface area (Å²) in [6.07, 6.45) is 0. The van der Waals surface area contributed by atoms with Crippen molar-refractivity contribution in [1.29, 1.82) is 0 Å². The molecule has 0 radical (unpaired) electrons. The molecule has 1 aromatic carbocycles. The lowest BCUT2D eigenvalue weighted by atomic mass is 9.90. The molecule has 2 heterocycles. The number of thioether (sulfide) groups is 2. The number of hydrogen-bond donors (Lipinski definition) is 0. The predicted octanol–water partition coefficient (Wildman–Crippen LogP) is 6.32. The molecule has 0 saturated carbocycles. The van der Waals surface area contributed by atoms with Crippen LogP contribution in [-0.2, 0) is 11.5 Å². The van der Waals surface area contributed by atoms with E-state index in [1.54, 1.807) is 23.5 Å². The molecule has 2 aromatic heterocycles. The summed E-state index contributed by atoms with van der Waals surface area (Å²) in [6, 6.07) is 4.03. The van der Waals surface area contributed by atoms with Gasteiger partial charge in [-0.3, -0.25) is 0 Å². The van der Waals surface area contributed by atoms with Crippen molar-refractivity contribution >= 4 is 23.5 Å². The molecular formula is C24H30N4S2. The Morgan fingerprint density at radius 2 is 0.767 bits per heavy atom. The smallest absolute Gasteiger partial charge is 0.188 e. The molecule has 0 spiro atoms. The summed E-state index contributed by atoms with van der Waals surface area (Å²) < 4.78 is 0. The molecule has 4 nitrogen and oxygen atoms in total. The molecule has 0 N–H and O–H groups in total. The van der Waals surface area contributed by atoms with Gasteiger partial charge in [-0.15, -0.1) is 0 Å². The van der Waals surface area contributed by atoms with Crippen LogP contribution in [0.25, 0.3) is 0 Å². The zero-order valence-corrected chi connectivity index (χ0v) is 20.8. The van der Waals surface area contributed by atoms with Crippen LogP contribution in [0.5, 0.6) is 0 Å². The summed E-state index contributed by atoms with van der Waals surface area (Å²) in [5.41, 5.74) is 12.3. The maximum atomic E-state index is 4.58. The Kier molecular flexibility index (Phi) is 7.19. The summed E-state index contributed by atoms with van der Waals surface area (Å²) in [5, 5.41) is 1.71. The first-order valence-electron chi connectivity index (χ1n) is 10.1. The van der Waals surface area contributed by atoms with Crippen molar-refractivity contribution in [2.75, 3.05) is 0 Å². The Bertz CT molecular complexity index is 937. The van der Waals surface area contributed by atoms with Gasteiger partial charge in [-0.25, -0.2) is 19.9 Å². The van der Waals surface area contributed by atoms with E-state index < -0.39 is 0 Å². The van der Waals surface area contributed by atoms with Crippen LogP contribution in [0, 0.1) is 55.4 Å². The third kappa shape index (κ3) is 5.22. The van der Waals surface area contributed by atoms with Crippen molar-refractivity contribution in [3.8, 4) is 0 Å². The van der Waals surface area contributed by atoms with Crippen molar-refractivity contribution < 1.29 is 0 Å². The van der Waals surface area contributed by atoms with E-state index >= 15 is 0 Å². The molecule has 0 amide bonds. The number of benzene rings is 1. The first-order valence-corrected chi connectivity index (χ1v) is 12.1. The fourth-order valence-electron chi connectivity index (χ4n) is 3.69. The average Bonchev–Trinajstić information content (AvgIpc) is 2.65. The topological polar surface area (TPSA) is 51.6 Å². The molecule has 0 atom stereocenters. The highest BCUT2D eigenvalue weighted by molar-refractivity contribution is 7.98. The van der Waals surface area contributed by atoms with Gasteiger partial charge in [0.2, 0.25) is 0 Å². The number of rotatable bonds is 6. The third-order valence-corrected chi connectivity index (χ3v) is 7.30. The summed E-state index contributed by atoms with van der Waals surface area (Å²) >= 11 is 3.44. The second kappa shape index (κ2) is 9.48. The Labute approximate surface area is 188 Å². The van der Waals surface area contributed by atoms with Crippen molar-refractivity contribution in [3.05, 3.63) is 68.3 Å². The SMILES string of the molecule is Cc1cc(C)nc(SCc2c(C)c(C)c(CSc3nc(C)cc(C)n3)c(C)c2C)n1. The van der Waals surface area contributed by atoms with Gasteiger partial charge < -0.3 is 0 Å². The monoisotopic (exact) mass is 438 g/mol. The van der Waals surface area contributed by atoms with E-state index in [1.807, 2.05) is 39.8 Å². The Hall–Kier alpha value is -1.92. The van der Waals surface area contributed by atoms with E-state index in [9.17, 15) is 0 Å². The quantitative estimate of drug-likeness (QED) is 0.332. The predicted molar refractivity (Wildman–Crippen MR) is 128 cm³/mol. The van der Waals surface area contributed by atoms with Gasteiger partial charge in [0.25, 0.3) is 0 Å². The number of aryl methyl sites for hydroxylation is 4. The Balaban J connectivity index is 1.83. The number of aromatic nitrogens is 4. The molecule has 0 unspecified atom stereocenters. The van der Waals surface area contributed by atoms with Gasteiger partial charge >= 0.3 is 0 Å². The molecule has 0 aliphatic carbocycles. The minimum absolute atomic E-state index is 0.855. The number of hydrogen-bond acceptors (Lipinski definition) is 6. The van der Waals surface area contributed by atoms with Crippen LogP contribution in [0.2, 0.25) is 0 Å². The maximum absolute atomic E-state index is 4.58. The highest BCUT2D eigenvalue weighted by Crippen LogP contribution is 2.34. The fourth-order valence-corrected chi connectivity index (χ4v) is 5.94. The highest BCUT2D eigenvalue weighted by atomic mass is 32.2. The van der Waals surface area contributed by atoms with Gasteiger partial charge in [0, 0.05) is 34.3 Å². The summed E-state index contributed by atoms with van der Waals surface area (Å²) in [4.78, 5) is 18.3. The third-order valence-electron chi connectivity index (χ3n) is 5.55. The molecule has 0 saturated heterocycles. The van der Waals surface area contributed by atoms with E-state index in [4.69, 9.17) is 0 Å². The van der Waals surface area contributed by atoms with Crippen LogP contribution in [-0.4, -0.2) is 19.9 Å². The van der Waals surface area contributed by atoms with Gasteiger partial charge in [-0.05, 0) is 101 Å². The lowest BCUT2D eigenvalue weighted by Gasteiger charge is -2.20. The molecule has 0 aliphatic heterocycles. The molecule has 158 valence electrons. The first-order chi connectivity index (χ1) is 14.2. The average molecular weight is 439 g/mol. The van der Waals surface area contributed by atoms with E-state index in [0.717, 1.165) is 44.6 Å². The van der Waals surface area contributed by atoms with Gasteiger partial charge in [0.05, 0.1) is 0 Å². The largest absolute Gasteiger partial charge is 0.228 e. The van der Waals surface area contributed by atoms with Gasteiger partial charge in [0.1, 0.15) is 0 Å². The zero-order valence-electron chi connectivity index (χ0n) is 19.2. The van der Waals surface area contributed by atoms with Crippen LogP contribution in [0.4, 0.5) is 0 Å². The fraction of sp³-hybridized carbons (Fsp3) is 0.417. The molecule has 0 bridgehead atoms. The van der Waals surface area contributed by atoms with Crippen molar-refractivity contribution in [2.24, 2.45) is 0 Å². The number of nitrogens with zero attached hydrogens (tertiary/aromatic N) is 4. The zero-order chi connectivity index (χ0) is 22.0. The Morgan fingerprint density at radius 3 is 1.03 bits per heavy atom. The van der Waals surface area contributed by atoms with E-state index in [0.29, 0.717) is 0 Å². The van der Waals surface area contributed by atoms with Crippen molar-refractivity contribution in [3.63, 3.8) is 0 Å². The van der Waals surface area contributed by atoms with Crippen LogP contribution >= 0.6 is 23.5 Å². The molecule has 30 heavy (non-hydrogen) atoms. The summed E-state index contributed by atoms with van der Waals surface area (Å²) in [6.45, 7) is 17.0. The van der Waals surface area contributed by atoms with E-state index in [2.05, 4.69) is 47.6 Å². The van der Waals surface area contributed by atoms with Gasteiger partial charge in [-0.2, -0.15) is 0 Å². The van der Waals surface area contributed by atoms with Crippen LogP contribution in [0.15, 0.2) is 22.4 Å². The molecule has 0 aliphatic rings. The van der Waals surface area contributed by atoms with E-state index in [1.165, 1.54) is 33.4 Å². The van der Waals surface area contributed by atoms with E-state index in [-0.39, 0.29) is 0 Å². The summed E-state index contributed by atoms with van der Waals surface area (Å²) in [5.74, 6) is 1.77. The van der Waals surface area contributed by atoms with Crippen molar-refractivity contribution in [2.45, 2.75) is 77.2 Å². The highest BCUT2D eigenvalue weighted by Gasteiger charge is 2.16. The van der Waals surface area contributed by atoms with Crippen molar-refractivity contribution in [1.82, 2.24) is 19.9 Å². The molecule has 6 heteroatoms. The molecule has 3 rings (SSSR count). The van der Waals surface area contributed by atoms with Gasteiger partial charge in [-0.1, -0.05) is 23.5 Å². The lowest BCUT2D eigenvalue weighted by Crippen LogP contribution is -2.05. The standard InChI is InChI=1S/C24H30N4S2/c1-13-9-14(2)26-23(25-13)29-11-21-17(5)19(7)22(20(8)18(21)6)12-30-24-27-15(3)10-16(4)28-24/h9-10H,11-12H2,1-8H3. The van der Waals surface area contributed by atoms with Crippen LogP contribution in [0.1, 0.15) is 56.2 Å². The minimum Gasteiger partial charge on any atom is -0.228 e. The summed E-state index contributed by atoms with van der Waals surface area (Å²) in [7, 11) is 0. The molecule has 3 aromatic rings. The lowest BCUT2D eigenvalue weighted by molar-refractivity contribution is 0.900.